The van der Waals surface area contributed by atoms with Gasteiger partial charge >= 0.3 is 11.7 Å². The van der Waals surface area contributed by atoms with Crippen molar-refractivity contribution in [1.82, 2.24) is 43.1 Å². The summed E-state index contributed by atoms with van der Waals surface area (Å²) in [5.41, 5.74) is 5.41. The van der Waals surface area contributed by atoms with Crippen LogP contribution in [0.25, 0.3) is 39.0 Å². The van der Waals surface area contributed by atoms with Crippen LogP contribution in [0.5, 0.6) is 0 Å². The van der Waals surface area contributed by atoms with Gasteiger partial charge in [-0.05, 0) is 104 Å². The molecule has 4 aromatic heterocycles. The largest absolute Gasteiger partial charge is 0.481 e. The first kappa shape index (κ1) is 42.9. The van der Waals surface area contributed by atoms with Crippen LogP contribution in [0.3, 0.4) is 0 Å². The maximum Gasteiger partial charge on any atom is 0.338 e. The highest BCUT2D eigenvalue weighted by atomic mass is 19.1. The van der Waals surface area contributed by atoms with Crippen molar-refractivity contribution in [2.75, 3.05) is 52.6 Å². The Labute approximate surface area is 385 Å². The van der Waals surface area contributed by atoms with Crippen molar-refractivity contribution >= 4 is 39.4 Å². The average Bonchev–Trinajstić information content (AvgIpc) is 3.69. The molecular formula is C50H53FN10O6. The SMILES string of the molecule is Cc1cc(-n2nc3c(c2-n2ccn(-c4ccc5c(cnn5C)c4)c2=O)CN(C(=O)c2cc4cc(C5CCOCC5)ccc4n2[C@@]2(C(=N)CC(=O)O)C[C@@H]2CN2CCOCC2)CC3)cc(C)c1F. The minimum Gasteiger partial charge on any atom is -0.481 e. The van der Waals surface area contributed by atoms with Crippen LogP contribution >= 0.6 is 0 Å². The number of halogens is 1. The summed E-state index contributed by atoms with van der Waals surface area (Å²) in [6, 6.07) is 17.4. The van der Waals surface area contributed by atoms with Gasteiger partial charge in [-0.3, -0.25) is 28.3 Å². The number of morpholine rings is 1. The molecule has 1 saturated carbocycles. The summed E-state index contributed by atoms with van der Waals surface area (Å²) in [6.07, 6.45) is 7.39. The van der Waals surface area contributed by atoms with E-state index in [1.807, 2.05) is 41.9 Å². The molecule has 11 rings (SSSR count). The van der Waals surface area contributed by atoms with E-state index in [1.54, 1.807) is 68.0 Å². The number of aromatic nitrogens is 7. The molecule has 0 spiro atoms. The lowest BCUT2D eigenvalue weighted by atomic mass is 9.91. The Morgan fingerprint density at radius 2 is 1.63 bits per heavy atom. The van der Waals surface area contributed by atoms with Gasteiger partial charge in [-0.25, -0.2) is 13.9 Å². The zero-order valence-corrected chi connectivity index (χ0v) is 37.9. The second-order valence-electron chi connectivity index (χ2n) is 18.7. The molecule has 0 unspecified atom stereocenters. The van der Waals surface area contributed by atoms with Crippen molar-refractivity contribution in [2.24, 2.45) is 13.0 Å². The molecular weight excluding hydrogens is 856 g/mol. The molecule has 0 radical (unpaired) electrons. The van der Waals surface area contributed by atoms with Gasteiger partial charge in [0.2, 0.25) is 0 Å². The second kappa shape index (κ2) is 16.6. The monoisotopic (exact) mass is 908 g/mol. The summed E-state index contributed by atoms with van der Waals surface area (Å²) < 4.78 is 35.0. The zero-order valence-electron chi connectivity index (χ0n) is 37.9. The fraction of sp³-hybridized carbons (Fsp3) is 0.400. The Morgan fingerprint density at radius 1 is 0.896 bits per heavy atom. The number of aliphatic carboxylic acids is 1. The zero-order chi connectivity index (χ0) is 46.3. The Kier molecular flexibility index (Phi) is 10.6. The third-order valence-corrected chi connectivity index (χ3v) is 14.6. The van der Waals surface area contributed by atoms with Crippen LogP contribution in [0.15, 0.2) is 78.0 Å². The van der Waals surface area contributed by atoms with Crippen molar-refractivity contribution in [3.8, 4) is 17.2 Å². The first-order chi connectivity index (χ1) is 32.4. The normalized spacial score (nSPS) is 20.2. The summed E-state index contributed by atoms with van der Waals surface area (Å²) in [5.74, 6) is -1.04. The predicted octanol–water partition coefficient (Wildman–Crippen LogP) is 6.05. The summed E-state index contributed by atoms with van der Waals surface area (Å²) in [7, 11) is 1.86. The van der Waals surface area contributed by atoms with Crippen molar-refractivity contribution in [1.29, 1.82) is 5.41 Å². The molecule has 0 bridgehead atoms. The van der Waals surface area contributed by atoms with Crippen molar-refractivity contribution < 1.29 is 28.6 Å². The van der Waals surface area contributed by atoms with Gasteiger partial charge in [0.05, 0.1) is 60.5 Å². The lowest BCUT2D eigenvalue weighted by molar-refractivity contribution is -0.135. The number of hydrogen-bond donors (Lipinski definition) is 2. The van der Waals surface area contributed by atoms with Gasteiger partial charge < -0.3 is 29.5 Å². The number of carboxylic acids is 1. The van der Waals surface area contributed by atoms with Crippen LogP contribution in [-0.4, -0.2) is 118 Å². The van der Waals surface area contributed by atoms with E-state index in [0.717, 1.165) is 53.3 Å². The first-order valence-electron chi connectivity index (χ1n) is 23.1. The number of carbonyl (C=O) groups excluding carboxylic acids is 1. The molecule has 7 heterocycles. The molecule has 67 heavy (non-hydrogen) atoms. The van der Waals surface area contributed by atoms with E-state index in [-0.39, 0.29) is 35.6 Å². The number of imidazole rings is 1. The number of ether oxygens (including phenoxy) is 2. The number of amides is 1. The van der Waals surface area contributed by atoms with Crippen molar-refractivity contribution in [2.45, 2.75) is 64.0 Å². The van der Waals surface area contributed by atoms with Gasteiger partial charge in [0.1, 0.15) is 17.3 Å². The predicted molar refractivity (Wildman–Crippen MR) is 249 cm³/mol. The molecule has 7 aromatic rings. The molecule has 1 aliphatic carbocycles. The Hall–Kier alpha value is -6.69. The third-order valence-electron chi connectivity index (χ3n) is 14.6. The van der Waals surface area contributed by atoms with Gasteiger partial charge in [-0.1, -0.05) is 6.07 Å². The molecule has 3 fully saturated rings. The highest BCUT2D eigenvalue weighted by Crippen LogP contribution is 2.55. The molecule has 2 N–H and O–H groups in total. The summed E-state index contributed by atoms with van der Waals surface area (Å²) in [6.45, 7) is 8.50. The summed E-state index contributed by atoms with van der Waals surface area (Å²) in [5, 5.41) is 30.8. The van der Waals surface area contributed by atoms with Gasteiger partial charge in [-0.15, -0.1) is 0 Å². The maximum absolute atomic E-state index is 15.5. The fourth-order valence-corrected chi connectivity index (χ4v) is 11.0. The first-order valence-corrected chi connectivity index (χ1v) is 23.1. The van der Waals surface area contributed by atoms with Crippen LogP contribution in [0.1, 0.15) is 70.0 Å². The number of fused-ring (bicyclic) bond motifs is 3. The van der Waals surface area contributed by atoms with Gasteiger partial charge in [-0.2, -0.15) is 10.2 Å². The maximum atomic E-state index is 15.5. The van der Waals surface area contributed by atoms with Crippen LogP contribution in [0.2, 0.25) is 0 Å². The number of benzene rings is 3. The minimum atomic E-state index is -1.09. The number of carboxylic acid groups (broad SMARTS) is 1. The molecule has 16 nitrogen and oxygen atoms in total. The van der Waals surface area contributed by atoms with E-state index in [9.17, 15) is 20.1 Å². The number of nitrogens with zero attached hydrogens (tertiary/aromatic N) is 9. The summed E-state index contributed by atoms with van der Waals surface area (Å²) >= 11 is 0. The van der Waals surface area contributed by atoms with E-state index in [2.05, 4.69) is 22.1 Å². The van der Waals surface area contributed by atoms with Gasteiger partial charge in [0, 0.05) is 98.7 Å². The van der Waals surface area contributed by atoms with Crippen LogP contribution in [-0.2, 0) is 39.8 Å². The van der Waals surface area contributed by atoms with Crippen LogP contribution in [0, 0.1) is 31.0 Å². The lowest BCUT2D eigenvalue weighted by Crippen LogP contribution is -2.42. The highest BCUT2D eigenvalue weighted by Gasteiger charge is 2.61. The second-order valence-corrected chi connectivity index (χ2v) is 18.7. The topological polar surface area (TPSA) is 171 Å². The number of rotatable bonds is 11. The van der Waals surface area contributed by atoms with Gasteiger partial charge in [0.15, 0.2) is 0 Å². The number of hydrogen-bond acceptors (Lipinski definition) is 9. The van der Waals surface area contributed by atoms with E-state index < -0.39 is 17.9 Å². The highest BCUT2D eigenvalue weighted by molar-refractivity contribution is 6.06. The Balaban J connectivity index is 1.03. The number of aryl methyl sites for hydroxylation is 3. The summed E-state index contributed by atoms with van der Waals surface area (Å²) in [4.78, 5) is 46.7. The van der Waals surface area contributed by atoms with Crippen molar-refractivity contribution in [3.05, 3.63) is 123 Å². The third kappa shape index (κ3) is 7.30. The van der Waals surface area contributed by atoms with Crippen LogP contribution < -0.4 is 5.69 Å². The molecule has 1 amide bonds. The molecule has 2 saturated heterocycles. The van der Waals surface area contributed by atoms with Gasteiger partial charge in [0.25, 0.3) is 5.91 Å². The van der Waals surface area contributed by atoms with E-state index >= 15 is 9.18 Å². The standard InChI is InChI=1S/C50H53FN10O6/c1-30-20-38(21-31(2)46(30)51)61-47(59-13-12-58(49(59)65)37-5-7-41-35(23-37)27-53-55(41)3)39-29-57(11-8-40(39)54-61)48(64)43-24-34-22-33(32-9-16-66-17-10-32)4-6-42(34)60(43)50(44(52)25-45(62)63)26-36(50)28-56-14-18-67-19-15-56/h4-7,12-13,20-24,27,32,36,52H,8-11,14-19,25-26,28-29H2,1-3H3,(H,62,63)/t36-,50+/m1/s1. The molecule has 4 aliphatic rings. The minimum absolute atomic E-state index is 0.0688. The molecule has 17 heteroatoms. The van der Waals surface area contributed by atoms with E-state index in [1.165, 1.54) is 0 Å². The molecule has 346 valence electrons. The number of nitrogens with one attached hydrogen (secondary N) is 1. The molecule has 2 atom stereocenters. The lowest BCUT2D eigenvalue weighted by Gasteiger charge is -2.31. The molecule has 3 aliphatic heterocycles. The molecule has 3 aromatic carbocycles. The fourth-order valence-electron chi connectivity index (χ4n) is 11.0. The smallest absolute Gasteiger partial charge is 0.338 e. The van der Waals surface area contributed by atoms with E-state index in [4.69, 9.17) is 14.6 Å². The Morgan fingerprint density at radius 3 is 2.39 bits per heavy atom. The quantitative estimate of drug-likeness (QED) is 0.147. The van der Waals surface area contributed by atoms with Crippen LogP contribution in [0.4, 0.5) is 4.39 Å². The Bertz CT molecular complexity index is 3180. The number of carbonyl (C=O) groups is 2. The van der Waals surface area contributed by atoms with Crippen molar-refractivity contribution in [3.63, 3.8) is 0 Å². The van der Waals surface area contributed by atoms with E-state index in [0.29, 0.717) is 104 Å². The average molecular weight is 909 g/mol.